The van der Waals surface area contributed by atoms with Crippen LogP contribution >= 0.6 is 11.6 Å². The smallest absolute Gasteiger partial charge is 0.262 e. The van der Waals surface area contributed by atoms with Gasteiger partial charge in [-0.2, -0.15) is 4.98 Å². The highest BCUT2D eigenvalue weighted by Crippen LogP contribution is 2.30. The molecule has 19 heavy (non-hydrogen) atoms. The van der Waals surface area contributed by atoms with Gasteiger partial charge in [0.1, 0.15) is 18.7 Å². The van der Waals surface area contributed by atoms with E-state index in [9.17, 15) is 0 Å². The first-order chi connectivity index (χ1) is 9.24. The molecule has 2 aromatic rings. The van der Waals surface area contributed by atoms with E-state index in [1.807, 2.05) is 24.3 Å². The number of aromatic nitrogens is 2. The van der Waals surface area contributed by atoms with E-state index in [4.69, 9.17) is 25.8 Å². The minimum atomic E-state index is 0.221. The number of rotatable bonds is 5. The molecule has 0 saturated heterocycles. The van der Waals surface area contributed by atoms with Crippen molar-refractivity contribution >= 4 is 11.6 Å². The normalized spacial score (nSPS) is 10.1. The molecule has 0 N–H and O–H groups in total. The average molecular weight is 281 g/mol. The van der Waals surface area contributed by atoms with E-state index in [1.165, 1.54) is 13.4 Å². The van der Waals surface area contributed by atoms with Crippen LogP contribution < -0.4 is 14.2 Å². The minimum Gasteiger partial charge on any atom is -0.497 e. The average Bonchev–Trinajstić information content (AvgIpc) is 2.45. The van der Waals surface area contributed by atoms with Gasteiger partial charge >= 0.3 is 0 Å². The van der Waals surface area contributed by atoms with E-state index >= 15 is 0 Å². The zero-order valence-electron chi connectivity index (χ0n) is 10.6. The molecular formula is C13H13ClN2O3. The second kappa shape index (κ2) is 6.24. The summed E-state index contributed by atoms with van der Waals surface area (Å²) in [5, 5.41) is 0.221. The van der Waals surface area contributed by atoms with Gasteiger partial charge in [0.25, 0.3) is 5.88 Å². The Hall–Kier alpha value is -2.01. The summed E-state index contributed by atoms with van der Waals surface area (Å²) < 4.78 is 15.8. The first-order valence-corrected chi connectivity index (χ1v) is 5.92. The third-order valence-corrected chi connectivity index (χ3v) is 2.71. The number of nitrogens with zero attached hydrogens (tertiary/aromatic N) is 2. The molecule has 0 aliphatic carbocycles. The fraction of sp³-hybridized carbons (Fsp3) is 0.231. The molecule has 5 nitrogen and oxygen atoms in total. The maximum atomic E-state index is 5.88. The molecule has 0 aliphatic rings. The summed E-state index contributed by atoms with van der Waals surface area (Å²) in [6.45, 7) is 0.334. The van der Waals surface area contributed by atoms with Gasteiger partial charge in [-0.1, -0.05) is 23.7 Å². The molecule has 6 heteroatoms. The van der Waals surface area contributed by atoms with Crippen molar-refractivity contribution in [1.29, 1.82) is 0 Å². The zero-order valence-corrected chi connectivity index (χ0v) is 11.3. The molecule has 0 bridgehead atoms. The van der Waals surface area contributed by atoms with Gasteiger partial charge in [0.05, 0.1) is 14.2 Å². The van der Waals surface area contributed by atoms with Gasteiger partial charge in [0.2, 0.25) is 5.75 Å². The lowest BCUT2D eigenvalue weighted by atomic mass is 10.2. The number of halogens is 1. The first-order valence-electron chi connectivity index (χ1n) is 5.55. The number of hydrogen-bond donors (Lipinski definition) is 0. The topological polar surface area (TPSA) is 53.5 Å². The Labute approximate surface area is 116 Å². The van der Waals surface area contributed by atoms with Crippen LogP contribution in [0.15, 0.2) is 30.6 Å². The highest BCUT2D eigenvalue weighted by atomic mass is 35.5. The van der Waals surface area contributed by atoms with Crippen LogP contribution in [-0.2, 0) is 6.61 Å². The van der Waals surface area contributed by atoms with E-state index in [-0.39, 0.29) is 5.15 Å². The van der Waals surface area contributed by atoms with Crippen molar-refractivity contribution in [3.05, 3.63) is 41.3 Å². The Morgan fingerprint density at radius 2 is 2.00 bits per heavy atom. The second-order valence-electron chi connectivity index (χ2n) is 3.64. The van der Waals surface area contributed by atoms with Crippen molar-refractivity contribution in [3.63, 3.8) is 0 Å². The van der Waals surface area contributed by atoms with Gasteiger partial charge in [-0.25, -0.2) is 4.98 Å². The van der Waals surface area contributed by atoms with Gasteiger partial charge in [0, 0.05) is 0 Å². The lowest BCUT2D eigenvalue weighted by Gasteiger charge is -2.10. The summed E-state index contributed by atoms with van der Waals surface area (Å²) in [5.41, 5.74) is 0.955. The minimum absolute atomic E-state index is 0.221. The fourth-order valence-corrected chi connectivity index (χ4v) is 1.73. The summed E-state index contributed by atoms with van der Waals surface area (Å²) in [6.07, 6.45) is 1.33. The van der Waals surface area contributed by atoms with E-state index in [1.54, 1.807) is 7.11 Å². The third kappa shape index (κ3) is 3.26. The van der Waals surface area contributed by atoms with Crippen LogP contribution in [0.25, 0.3) is 0 Å². The maximum Gasteiger partial charge on any atom is 0.262 e. The summed E-state index contributed by atoms with van der Waals surface area (Å²) in [6, 6.07) is 7.57. The number of methoxy groups -OCH3 is 2. The van der Waals surface area contributed by atoms with Crippen LogP contribution in [0.3, 0.4) is 0 Å². The second-order valence-corrected chi connectivity index (χ2v) is 4.00. The third-order valence-electron chi connectivity index (χ3n) is 2.44. The molecule has 100 valence electrons. The fourth-order valence-electron chi connectivity index (χ4n) is 1.53. The van der Waals surface area contributed by atoms with Gasteiger partial charge in [-0.05, 0) is 17.7 Å². The van der Waals surface area contributed by atoms with Crippen LogP contribution in [0, 0.1) is 0 Å². The van der Waals surface area contributed by atoms with E-state index in [0.29, 0.717) is 18.2 Å². The van der Waals surface area contributed by atoms with Crippen LogP contribution in [0.5, 0.6) is 17.4 Å². The molecule has 0 spiro atoms. The van der Waals surface area contributed by atoms with Crippen LogP contribution in [0.2, 0.25) is 5.15 Å². The Morgan fingerprint density at radius 3 is 2.74 bits per heavy atom. The predicted molar refractivity (Wildman–Crippen MR) is 70.9 cm³/mol. The zero-order chi connectivity index (χ0) is 13.7. The van der Waals surface area contributed by atoms with Crippen molar-refractivity contribution in [2.24, 2.45) is 0 Å². The lowest BCUT2D eigenvalue weighted by molar-refractivity contribution is 0.271. The van der Waals surface area contributed by atoms with E-state index in [2.05, 4.69) is 9.97 Å². The van der Waals surface area contributed by atoms with Crippen molar-refractivity contribution in [1.82, 2.24) is 9.97 Å². The van der Waals surface area contributed by atoms with Crippen molar-refractivity contribution in [2.45, 2.75) is 6.61 Å². The predicted octanol–water partition coefficient (Wildman–Crippen LogP) is 2.73. The van der Waals surface area contributed by atoms with Crippen molar-refractivity contribution < 1.29 is 14.2 Å². The monoisotopic (exact) mass is 280 g/mol. The van der Waals surface area contributed by atoms with Gasteiger partial charge in [0.15, 0.2) is 5.15 Å². The molecule has 0 fully saturated rings. The summed E-state index contributed by atoms with van der Waals surface area (Å²) in [7, 11) is 3.11. The van der Waals surface area contributed by atoms with Gasteiger partial charge < -0.3 is 14.2 Å². The standard InChI is InChI=1S/C13H13ClN2O3/c1-17-10-5-3-4-9(6-10)7-19-13-11(18-2)12(14)15-8-16-13/h3-6,8H,7H2,1-2H3. The first kappa shape index (κ1) is 13.4. The van der Waals surface area contributed by atoms with Crippen molar-refractivity contribution in [2.75, 3.05) is 14.2 Å². The SMILES string of the molecule is COc1cccc(COc2ncnc(Cl)c2OC)c1. The Morgan fingerprint density at radius 1 is 1.16 bits per heavy atom. The Bertz CT molecular complexity index is 563. The largest absolute Gasteiger partial charge is 0.497 e. The maximum absolute atomic E-state index is 5.88. The summed E-state index contributed by atoms with van der Waals surface area (Å²) >= 11 is 5.88. The molecule has 1 aromatic carbocycles. The molecular weight excluding hydrogens is 268 g/mol. The molecule has 1 aromatic heterocycles. The van der Waals surface area contributed by atoms with Crippen molar-refractivity contribution in [3.8, 4) is 17.4 Å². The molecule has 1 heterocycles. The quantitative estimate of drug-likeness (QED) is 0.788. The molecule has 0 amide bonds. The number of ether oxygens (including phenoxy) is 3. The summed E-state index contributed by atoms with van der Waals surface area (Å²) in [4.78, 5) is 7.82. The molecule has 0 radical (unpaired) electrons. The molecule has 0 saturated carbocycles. The van der Waals surface area contributed by atoms with Crippen LogP contribution in [0.4, 0.5) is 0 Å². The van der Waals surface area contributed by atoms with Gasteiger partial charge in [-0.3, -0.25) is 0 Å². The molecule has 0 aliphatic heterocycles. The molecule has 0 unspecified atom stereocenters. The highest BCUT2D eigenvalue weighted by molar-refractivity contribution is 6.31. The molecule has 2 rings (SSSR count). The number of benzene rings is 1. The van der Waals surface area contributed by atoms with Crippen LogP contribution in [-0.4, -0.2) is 24.2 Å². The molecule has 0 atom stereocenters. The van der Waals surface area contributed by atoms with E-state index in [0.717, 1.165) is 11.3 Å². The van der Waals surface area contributed by atoms with Gasteiger partial charge in [-0.15, -0.1) is 0 Å². The van der Waals surface area contributed by atoms with E-state index < -0.39 is 0 Å². The highest BCUT2D eigenvalue weighted by Gasteiger charge is 2.11. The lowest BCUT2D eigenvalue weighted by Crippen LogP contribution is -2.01. The Kier molecular flexibility index (Phi) is 4.41. The Balaban J connectivity index is 2.12. The van der Waals surface area contributed by atoms with Crippen LogP contribution in [0.1, 0.15) is 5.56 Å². The number of hydrogen-bond acceptors (Lipinski definition) is 5. The summed E-state index contributed by atoms with van der Waals surface area (Å²) in [5.74, 6) is 1.41.